The molecule has 0 saturated carbocycles. The van der Waals surface area contributed by atoms with Crippen LogP contribution in [0.1, 0.15) is 18.4 Å². The van der Waals surface area contributed by atoms with E-state index in [-0.39, 0.29) is 17.3 Å². The Bertz CT molecular complexity index is 836. The molecular weight excluding hydrogens is 425 g/mol. The van der Waals surface area contributed by atoms with Gasteiger partial charge in [-0.2, -0.15) is 13.2 Å². The Balaban J connectivity index is 1.66. The molecular formula is C18H25F3N4O4S. The van der Waals surface area contributed by atoms with Crippen LogP contribution in [-0.2, 0) is 26.0 Å². The number of piperidine rings is 1. The molecule has 2 amide bonds. The topological polar surface area (TPSA) is 122 Å². The molecule has 1 aromatic carbocycles. The molecule has 1 aliphatic rings. The van der Waals surface area contributed by atoms with E-state index in [2.05, 4.69) is 5.32 Å². The van der Waals surface area contributed by atoms with E-state index in [1.54, 1.807) is 12.1 Å². The Morgan fingerprint density at radius 1 is 1.10 bits per heavy atom. The monoisotopic (exact) mass is 450 g/mol. The summed E-state index contributed by atoms with van der Waals surface area (Å²) in [5.74, 6) is -1.28. The third-order valence-corrected chi connectivity index (χ3v) is 5.71. The SMILES string of the molecule is NS(=O)(=O)c1ccc(CCNC(=O)CN2CCC(C(=O)NCC(F)(F)F)CC2)cc1. The van der Waals surface area contributed by atoms with Gasteiger partial charge in [-0.15, -0.1) is 0 Å². The van der Waals surface area contributed by atoms with Crippen molar-refractivity contribution in [3.05, 3.63) is 29.8 Å². The molecule has 1 saturated heterocycles. The molecule has 0 atom stereocenters. The standard InChI is InChI=1S/C18H25F3N4O4S/c19-18(20,21)12-24-17(27)14-6-9-25(10-7-14)11-16(26)23-8-5-13-1-3-15(4-2-13)30(22,28)29/h1-4,14H,5-12H2,(H,23,26)(H,24,27)(H2,22,28,29). The summed E-state index contributed by atoms with van der Waals surface area (Å²) in [4.78, 5) is 25.7. The van der Waals surface area contributed by atoms with Gasteiger partial charge < -0.3 is 10.6 Å². The van der Waals surface area contributed by atoms with Crippen molar-refractivity contribution in [2.24, 2.45) is 11.1 Å². The molecule has 30 heavy (non-hydrogen) atoms. The van der Waals surface area contributed by atoms with Crippen LogP contribution in [0.2, 0.25) is 0 Å². The van der Waals surface area contributed by atoms with Crippen LogP contribution in [0, 0.1) is 5.92 Å². The number of carbonyl (C=O) groups is 2. The zero-order valence-electron chi connectivity index (χ0n) is 16.2. The van der Waals surface area contributed by atoms with Gasteiger partial charge in [-0.1, -0.05) is 12.1 Å². The molecule has 0 bridgehead atoms. The highest BCUT2D eigenvalue weighted by Gasteiger charge is 2.31. The molecule has 1 aliphatic heterocycles. The zero-order chi connectivity index (χ0) is 22.4. The normalized spacial score (nSPS) is 16.3. The third-order valence-electron chi connectivity index (χ3n) is 4.78. The number of rotatable bonds is 8. The van der Waals surface area contributed by atoms with E-state index in [4.69, 9.17) is 5.14 Å². The molecule has 0 spiro atoms. The van der Waals surface area contributed by atoms with Crippen molar-refractivity contribution < 1.29 is 31.2 Å². The number of amides is 2. The predicted octanol–water partition coefficient (Wildman–Crippen LogP) is 0.383. The fourth-order valence-electron chi connectivity index (χ4n) is 3.14. The number of likely N-dealkylation sites (tertiary alicyclic amines) is 1. The number of carbonyl (C=O) groups excluding carboxylic acids is 2. The first-order valence-electron chi connectivity index (χ1n) is 9.39. The Kier molecular flexibility index (Phi) is 8.21. The first-order valence-corrected chi connectivity index (χ1v) is 10.9. The van der Waals surface area contributed by atoms with E-state index in [1.165, 1.54) is 12.1 Å². The number of alkyl halides is 3. The highest BCUT2D eigenvalue weighted by molar-refractivity contribution is 7.89. The second-order valence-corrected chi connectivity index (χ2v) is 8.73. The number of halogens is 3. The molecule has 4 N–H and O–H groups in total. The van der Waals surface area contributed by atoms with Gasteiger partial charge in [-0.25, -0.2) is 13.6 Å². The summed E-state index contributed by atoms with van der Waals surface area (Å²) in [6.45, 7) is 0.0728. The van der Waals surface area contributed by atoms with Gasteiger partial charge in [0.05, 0.1) is 11.4 Å². The van der Waals surface area contributed by atoms with Crippen molar-refractivity contribution in [3.8, 4) is 0 Å². The first-order chi connectivity index (χ1) is 13.9. The van der Waals surface area contributed by atoms with E-state index < -0.39 is 34.6 Å². The highest BCUT2D eigenvalue weighted by Crippen LogP contribution is 2.18. The van der Waals surface area contributed by atoms with Gasteiger partial charge in [0, 0.05) is 12.5 Å². The summed E-state index contributed by atoms with van der Waals surface area (Å²) < 4.78 is 58.9. The molecule has 0 aromatic heterocycles. The summed E-state index contributed by atoms with van der Waals surface area (Å²) in [6.07, 6.45) is -3.13. The van der Waals surface area contributed by atoms with E-state index in [1.807, 2.05) is 10.2 Å². The molecule has 0 aliphatic carbocycles. The van der Waals surface area contributed by atoms with E-state index >= 15 is 0 Å². The van der Waals surface area contributed by atoms with Crippen molar-refractivity contribution in [1.29, 1.82) is 0 Å². The van der Waals surface area contributed by atoms with Crippen LogP contribution in [-0.4, -0.2) is 64.0 Å². The van der Waals surface area contributed by atoms with Gasteiger partial charge >= 0.3 is 6.18 Å². The van der Waals surface area contributed by atoms with Crippen LogP contribution in [0.25, 0.3) is 0 Å². The summed E-state index contributed by atoms with van der Waals surface area (Å²) in [7, 11) is -3.74. The number of nitrogens with one attached hydrogen (secondary N) is 2. The fourth-order valence-corrected chi connectivity index (χ4v) is 3.65. The van der Waals surface area contributed by atoms with Crippen LogP contribution >= 0.6 is 0 Å². The maximum atomic E-state index is 12.2. The molecule has 8 nitrogen and oxygen atoms in total. The quantitative estimate of drug-likeness (QED) is 0.529. The lowest BCUT2D eigenvalue weighted by Crippen LogP contribution is -2.45. The molecule has 1 aromatic rings. The molecule has 2 rings (SSSR count). The molecule has 0 radical (unpaired) electrons. The minimum Gasteiger partial charge on any atom is -0.355 e. The van der Waals surface area contributed by atoms with Gasteiger partial charge in [-0.05, 0) is 50.0 Å². The Labute approximate surface area is 173 Å². The van der Waals surface area contributed by atoms with Crippen LogP contribution in [0.3, 0.4) is 0 Å². The van der Waals surface area contributed by atoms with Crippen molar-refractivity contribution in [2.75, 3.05) is 32.7 Å². The Hall–Kier alpha value is -2.18. The Morgan fingerprint density at radius 3 is 2.23 bits per heavy atom. The number of primary sulfonamides is 1. The van der Waals surface area contributed by atoms with Crippen molar-refractivity contribution >= 4 is 21.8 Å². The second-order valence-electron chi connectivity index (χ2n) is 7.17. The lowest BCUT2D eigenvalue weighted by Gasteiger charge is -2.30. The van der Waals surface area contributed by atoms with E-state index in [0.29, 0.717) is 38.9 Å². The largest absolute Gasteiger partial charge is 0.405 e. The zero-order valence-corrected chi connectivity index (χ0v) is 17.1. The Morgan fingerprint density at radius 2 is 1.70 bits per heavy atom. The number of hydrogen-bond donors (Lipinski definition) is 3. The molecule has 1 heterocycles. The van der Waals surface area contributed by atoms with E-state index in [0.717, 1.165) is 5.56 Å². The number of hydrogen-bond acceptors (Lipinski definition) is 5. The summed E-state index contributed by atoms with van der Waals surface area (Å²) in [6, 6.07) is 6.06. The number of sulfonamides is 1. The predicted molar refractivity (Wildman–Crippen MR) is 103 cm³/mol. The van der Waals surface area contributed by atoms with Crippen LogP contribution < -0.4 is 15.8 Å². The average molecular weight is 450 g/mol. The van der Waals surface area contributed by atoms with Gasteiger partial charge in [-0.3, -0.25) is 14.5 Å². The van der Waals surface area contributed by atoms with Gasteiger partial charge in [0.2, 0.25) is 21.8 Å². The fraction of sp³-hybridized carbons (Fsp3) is 0.556. The van der Waals surface area contributed by atoms with Crippen LogP contribution in [0.5, 0.6) is 0 Å². The maximum Gasteiger partial charge on any atom is 0.405 e. The molecule has 168 valence electrons. The summed E-state index contributed by atoms with van der Waals surface area (Å²) >= 11 is 0. The summed E-state index contributed by atoms with van der Waals surface area (Å²) in [5.41, 5.74) is 0.841. The number of nitrogens with zero attached hydrogens (tertiary/aromatic N) is 1. The lowest BCUT2D eigenvalue weighted by molar-refractivity contribution is -0.141. The highest BCUT2D eigenvalue weighted by atomic mass is 32.2. The second kappa shape index (κ2) is 10.2. The average Bonchev–Trinajstić information content (AvgIpc) is 2.66. The van der Waals surface area contributed by atoms with E-state index in [9.17, 15) is 31.2 Å². The van der Waals surface area contributed by atoms with Crippen molar-refractivity contribution in [3.63, 3.8) is 0 Å². The maximum absolute atomic E-state index is 12.2. The third kappa shape index (κ3) is 8.28. The minimum absolute atomic E-state index is 0.0192. The lowest BCUT2D eigenvalue weighted by atomic mass is 9.96. The van der Waals surface area contributed by atoms with Crippen molar-refractivity contribution in [2.45, 2.75) is 30.3 Å². The van der Waals surface area contributed by atoms with Crippen LogP contribution in [0.4, 0.5) is 13.2 Å². The first kappa shape index (κ1) is 24.1. The smallest absolute Gasteiger partial charge is 0.355 e. The summed E-state index contributed by atoms with van der Waals surface area (Å²) in [5, 5.41) is 9.70. The number of benzene rings is 1. The molecule has 1 fully saturated rings. The molecule has 0 unspecified atom stereocenters. The van der Waals surface area contributed by atoms with Crippen LogP contribution in [0.15, 0.2) is 29.2 Å². The number of nitrogens with two attached hydrogens (primary N) is 1. The van der Waals surface area contributed by atoms with Crippen molar-refractivity contribution in [1.82, 2.24) is 15.5 Å². The van der Waals surface area contributed by atoms with Gasteiger partial charge in [0.25, 0.3) is 0 Å². The minimum atomic E-state index is -4.43. The van der Waals surface area contributed by atoms with Gasteiger partial charge in [0.15, 0.2) is 0 Å². The van der Waals surface area contributed by atoms with Gasteiger partial charge in [0.1, 0.15) is 6.54 Å². The molecule has 12 heteroatoms.